The molecule has 0 aliphatic rings. The molecule has 2 aromatic heterocycles. The molecule has 0 radical (unpaired) electrons. The molecule has 8 nitrogen and oxygen atoms in total. The molecule has 0 fully saturated rings. The van der Waals surface area contributed by atoms with E-state index < -0.39 is 11.9 Å². The summed E-state index contributed by atoms with van der Waals surface area (Å²) in [6.07, 6.45) is 3.18. The number of methoxy groups -OCH3 is 1. The zero-order chi connectivity index (χ0) is 39.5. The lowest BCUT2D eigenvalue weighted by atomic mass is 10.1. The number of aromatic nitrogens is 2. The first-order valence-electron chi connectivity index (χ1n) is 18.3. The van der Waals surface area contributed by atoms with Gasteiger partial charge in [-0.3, -0.25) is 0 Å². The van der Waals surface area contributed by atoms with Crippen molar-refractivity contribution in [2.75, 3.05) is 7.11 Å². The molecule has 0 saturated carbocycles. The maximum atomic E-state index is 12.2. The number of esters is 1. The van der Waals surface area contributed by atoms with Crippen LogP contribution in [0.15, 0.2) is 109 Å². The lowest BCUT2D eigenvalue weighted by Gasteiger charge is -2.15. The van der Waals surface area contributed by atoms with Crippen LogP contribution in [0.2, 0.25) is 0 Å². The second-order valence-corrected chi connectivity index (χ2v) is 13.7. The van der Waals surface area contributed by atoms with Gasteiger partial charge in [-0.2, -0.15) is 0 Å². The van der Waals surface area contributed by atoms with Crippen molar-refractivity contribution < 1.29 is 28.9 Å². The lowest BCUT2D eigenvalue weighted by Crippen LogP contribution is -2.08. The molecule has 55 heavy (non-hydrogen) atoms. The van der Waals surface area contributed by atoms with Crippen molar-refractivity contribution in [2.24, 2.45) is 0 Å². The highest BCUT2D eigenvalue weighted by molar-refractivity contribution is 5.92. The average Bonchev–Trinajstić information content (AvgIpc) is 3.16. The minimum Gasteiger partial charge on any atom is -0.477 e. The molecule has 4 aromatic carbocycles. The van der Waals surface area contributed by atoms with E-state index in [1.165, 1.54) is 23.8 Å². The van der Waals surface area contributed by atoms with Gasteiger partial charge >= 0.3 is 11.9 Å². The van der Waals surface area contributed by atoms with Crippen LogP contribution in [0.4, 0.5) is 0 Å². The second-order valence-electron chi connectivity index (χ2n) is 13.7. The number of rotatable bonds is 12. The number of nitrogens with zero attached hydrogens (tertiary/aromatic N) is 2. The van der Waals surface area contributed by atoms with E-state index >= 15 is 0 Å². The summed E-state index contributed by atoms with van der Waals surface area (Å²) in [6.45, 7) is 12.0. The van der Waals surface area contributed by atoms with Crippen LogP contribution in [0.3, 0.4) is 0 Å². The van der Waals surface area contributed by atoms with Crippen molar-refractivity contribution >= 4 is 11.9 Å². The number of aromatic carboxylic acids is 1. The lowest BCUT2D eigenvalue weighted by molar-refractivity contribution is 0.0596. The highest BCUT2D eigenvalue weighted by Gasteiger charge is 2.19. The molecule has 0 bridgehead atoms. The van der Waals surface area contributed by atoms with E-state index in [1.807, 2.05) is 96.1 Å². The number of ether oxygens (including phenoxy) is 3. The molecule has 282 valence electrons. The molecule has 0 aliphatic heterocycles. The van der Waals surface area contributed by atoms with Crippen molar-refractivity contribution in [1.82, 2.24) is 9.97 Å². The SMILES string of the molecule is COC(=O)c1ccc(CCc2ccccc2)nc1Oc1c(C)cc(C)cc1C.Cc1cc(C)c(Oc2nc(CCc3ccccc3)ccc2C(=O)O)c(C)c1. The number of carbonyl (C=O) groups is 2. The van der Waals surface area contributed by atoms with Crippen LogP contribution in [-0.2, 0) is 30.4 Å². The maximum Gasteiger partial charge on any atom is 0.343 e. The van der Waals surface area contributed by atoms with E-state index in [9.17, 15) is 14.7 Å². The van der Waals surface area contributed by atoms with E-state index in [0.29, 0.717) is 17.7 Å². The minimum atomic E-state index is -1.05. The van der Waals surface area contributed by atoms with Gasteiger partial charge in [-0.15, -0.1) is 0 Å². The molecule has 0 spiro atoms. The monoisotopic (exact) mass is 736 g/mol. The number of aryl methyl sites for hydroxylation is 10. The van der Waals surface area contributed by atoms with Crippen LogP contribution in [-0.4, -0.2) is 34.1 Å². The average molecular weight is 737 g/mol. The van der Waals surface area contributed by atoms with Gasteiger partial charge in [0.2, 0.25) is 11.8 Å². The predicted octanol–water partition coefficient (Wildman–Crippen LogP) is 10.7. The van der Waals surface area contributed by atoms with E-state index in [4.69, 9.17) is 14.2 Å². The van der Waals surface area contributed by atoms with Gasteiger partial charge in [0.1, 0.15) is 22.6 Å². The minimum absolute atomic E-state index is 0.0674. The molecular formula is C47H48N2O6. The Labute approximate surface area is 323 Å². The first-order valence-corrected chi connectivity index (χ1v) is 18.3. The van der Waals surface area contributed by atoms with Crippen molar-refractivity contribution in [1.29, 1.82) is 0 Å². The Bertz CT molecular complexity index is 2220. The molecule has 0 atom stereocenters. The summed E-state index contributed by atoms with van der Waals surface area (Å²) >= 11 is 0. The van der Waals surface area contributed by atoms with E-state index in [-0.39, 0.29) is 17.3 Å². The van der Waals surface area contributed by atoms with Gasteiger partial charge < -0.3 is 19.3 Å². The molecule has 0 unspecified atom stereocenters. The Morgan fingerprint density at radius 1 is 0.527 bits per heavy atom. The second kappa shape index (κ2) is 18.7. The molecule has 6 rings (SSSR count). The molecular weight excluding hydrogens is 689 g/mol. The summed E-state index contributed by atoms with van der Waals surface area (Å²) in [5.74, 6) is 0.309. The van der Waals surface area contributed by atoms with Crippen molar-refractivity contribution in [3.63, 3.8) is 0 Å². The third-order valence-corrected chi connectivity index (χ3v) is 9.10. The summed E-state index contributed by atoms with van der Waals surface area (Å²) in [6, 6.07) is 35.5. The molecule has 2 heterocycles. The number of carbonyl (C=O) groups excluding carboxylic acids is 1. The number of hydrogen-bond acceptors (Lipinski definition) is 7. The van der Waals surface area contributed by atoms with Crippen molar-refractivity contribution in [3.05, 3.63) is 176 Å². The Hall–Kier alpha value is -6.28. The van der Waals surface area contributed by atoms with Gasteiger partial charge in [-0.05, 0) is 125 Å². The zero-order valence-electron chi connectivity index (χ0n) is 32.6. The number of carboxylic acid groups (broad SMARTS) is 1. The zero-order valence-corrected chi connectivity index (χ0v) is 32.6. The Kier molecular flexibility index (Phi) is 13.5. The summed E-state index contributed by atoms with van der Waals surface area (Å²) < 4.78 is 17.0. The maximum absolute atomic E-state index is 12.2. The summed E-state index contributed by atoms with van der Waals surface area (Å²) in [7, 11) is 1.36. The quantitative estimate of drug-likeness (QED) is 0.124. The van der Waals surface area contributed by atoms with Gasteiger partial charge in [0, 0.05) is 11.4 Å². The molecule has 0 amide bonds. The number of hydrogen-bond donors (Lipinski definition) is 1. The van der Waals surface area contributed by atoms with Crippen LogP contribution in [0, 0.1) is 41.5 Å². The van der Waals surface area contributed by atoms with Gasteiger partial charge in [-0.1, -0.05) is 96.1 Å². The van der Waals surface area contributed by atoms with Crippen molar-refractivity contribution in [3.8, 4) is 23.3 Å². The Balaban J connectivity index is 0.000000211. The highest BCUT2D eigenvalue weighted by Crippen LogP contribution is 2.33. The molecule has 6 aromatic rings. The largest absolute Gasteiger partial charge is 0.477 e. The standard InChI is InChI=1S/C24H25NO3.C23H23NO3/c1-16-14-17(2)22(18(3)15-16)28-23-21(24(26)27-4)13-12-20(25-23)11-10-19-8-6-5-7-9-19;1-15-13-16(2)21(17(3)14-15)27-22-20(23(25)26)12-11-19(24-22)10-9-18-7-5-4-6-8-18/h5-9,12-15H,10-11H2,1-4H3;4-8,11-14H,9-10H2,1-3H3,(H,25,26). The van der Waals surface area contributed by atoms with Crippen LogP contribution in [0.1, 0.15) is 76.6 Å². The topological polar surface area (TPSA) is 108 Å². The first kappa shape index (κ1) is 39.9. The van der Waals surface area contributed by atoms with Gasteiger partial charge in [0.05, 0.1) is 7.11 Å². The van der Waals surface area contributed by atoms with Gasteiger partial charge in [0.25, 0.3) is 0 Å². The fourth-order valence-electron chi connectivity index (χ4n) is 6.50. The normalized spacial score (nSPS) is 10.6. The third-order valence-electron chi connectivity index (χ3n) is 9.10. The third kappa shape index (κ3) is 10.9. The molecule has 8 heteroatoms. The van der Waals surface area contributed by atoms with Crippen LogP contribution in [0.25, 0.3) is 0 Å². The summed E-state index contributed by atoms with van der Waals surface area (Å²) in [5.41, 5.74) is 10.8. The van der Waals surface area contributed by atoms with Gasteiger partial charge in [0.15, 0.2) is 0 Å². The fourth-order valence-corrected chi connectivity index (χ4v) is 6.50. The van der Waals surface area contributed by atoms with Crippen molar-refractivity contribution in [2.45, 2.75) is 67.2 Å². The van der Waals surface area contributed by atoms with Crippen LogP contribution < -0.4 is 9.47 Å². The van der Waals surface area contributed by atoms with E-state index in [2.05, 4.69) is 46.4 Å². The molecule has 0 saturated heterocycles. The van der Waals surface area contributed by atoms with E-state index in [1.54, 1.807) is 18.2 Å². The predicted molar refractivity (Wildman–Crippen MR) is 216 cm³/mol. The smallest absolute Gasteiger partial charge is 0.343 e. The van der Waals surface area contributed by atoms with Crippen LogP contribution in [0.5, 0.6) is 23.3 Å². The molecule has 0 aliphatic carbocycles. The molecule has 1 N–H and O–H groups in total. The summed E-state index contributed by atoms with van der Waals surface area (Å²) in [4.78, 5) is 32.9. The fraction of sp³-hybridized carbons (Fsp3) is 0.234. The summed E-state index contributed by atoms with van der Waals surface area (Å²) in [5, 5.41) is 9.51. The Morgan fingerprint density at radius 2 is 0.909 bits per heavy atom. The number of pyridine rings is 2. The van der Waals surface area contributed by atoms with E-state index in [0.717, 1.165) is 64.2 Å². The number of carboxylic acids is 1. The number of benzene rings is 4. The Morgan fingerprint density at radius 3 is 1.29 bits per heavy atom. The van der Waals surface area contributed by atoms with Gasteiger partial charge in [-0.25, -0.2) is 19.6 Å². The van der Waals surface area contributed by atoms with Crippen LogP contribution >= 0.6 is 0 Å². The first-order chi connectivity index (χ1) is 26.4. The highest BCUT2D eigenvalue weighted by atomic mass is 16.5.